The number of aryl methyl sites for hydroxylation is 1. The van der Waals surface area contributed by atoms with Gasteiger partial charge in [-0.3, -0.25) is 10.1 Å². The molecule has 2 aromatic rings. The summed E-state index contributed by atoms with van der Waals surface area (Å²) in [7, 11) is 4.50. The lowest BCUT2D eigenvalue weighted by Gasteiger charge is -2.22. The van der Waals surface area contributed by atoms with Gasteiger partial charge in [0.1, 0.15) is 0 Å². The van der Waals surface area contributed by atoms with Gasteiger partial charge in [0.05, 0.1) is 21.3 Å². The number of thiocarbonyl (C=S) groups is 1. The van der Waals surface area contributed by atoms with Crippen molar-refractivity contribution in [1.82, 2.24) is 5.32 Å². The highest BCUT2D eigenvalue weighted by Crippen LogP contribution is 2.38. The standard InChI is InChI=1S/C22H29N3O4S/c1-7-25(8-2)16-9-10-17(14(3)11-16)23-22(30)24-21(26)15-12-18(27-4)20(29-6)19(13-15)28-5/h9-13H,7-8H2,1-6H3,(H2,23,24,26,30). The van der Waals surface area contributed by atoms with Crippen LogP contribution in [0.4, 0.5) is 11.4 Å². The second kappa shape index (κ2) is 10.7. The van der Waals surface area contributed by atoms with Crippen LogP contribution in [0.1, 0.15) is 29.8 Å². The lowest BCUT2D eigenvalue weighted by atomic mass is 10.1. The molecule has 7 nitrogen and oxygen atoms in total. The Morgan fingerprint density at radius 2 is 1.60 bits per heavy atom. The summed E-state index contributed by atoms with van der Waals surface area (Å²) in [6, 6.07) is 9.23. The number of anilines is 2. The van der Waals surface area contributed by atoms with Crippen molar-refractivity contribution in [1.29, 1.82) is 0 Å². The summed E-state index contributed by atoms with van der Waals surface area (Å²) < 4.78 is 15.9. The molecule has 0 aromatic heterocycles. The largest absolute Gasteiger partial charge is 0.493 e. The Balaban J connectivity index is 2.14. The molecule has 162 valence electrons. The first kappa shape index (κ1) is 23.3. The van der Waals surface area contributed by atoms with Gasteiger partial charge >= 0.3 is 0 Å². The van der Waals surface area contributed by atoms with Crippen LogP contribution < -0.4 is 29.7 Å². The van der Waals surface area contributed by atoms with Crippen molar-refractivity contribution in [3.05, 3.63) is 41.5 Å². The van der Waals surface area contributed by atoms with E-state index in [1.54, 1.807) is 12.1 Å². The fraction of sp³-hybridized carbons (Fsp3) is 0.364. The minimum atomic E-state index is -0.385. The van der Waals surface area contributed by atoms with Crippen molar-refractivity contribution < 1.29 is 19.0 Å². The molecule has 1 amide bonds. The van der Waals surface area contributed by atoms with Crippen LogP contribution in [0.5, 0.6) is 17.2 Å². The molecule has 30 heavy (non-hydrogen) atoms. The Hall–Kier alpha value is -3.00. The Bertz CT molecular complexity index is 888. The molecule has 0 spiro atoms. The Labute approximate surface area is 183 Å². The SMILES string of the molecule is CCN(CC)c1ccc(NC(=S)NC(=O)c2cc(OC)c(OC)c(OC)c2)c(C)c1. The van der Waals surface area contributed by atoms with Gasteiger partial charge in [-0.25, -0.2) is 0 Å². The van der Waals surface area contributed by atoms with Crippen LogP contribution in [0, 0.1) is 6.92 Å². The zero-order valence-electron chi connectivity index (χ0n) is 18.3. The van der Waals surface area contributed by atoms with E-state index in [4.69, 9.17) is 26.4 Å². The summed E-state index contributed by atoms with van der Waals surface area (Å²) in [5, 5.41) is 5.98. The van der Waals surface area contributed by atoms with Gasteiger partial charge in [0.25, 0.3) is 5.91 Å². The van der Waals surface area contributed by atoms with Gasteiger partial charge in [-0.15, -0.1) is 0 Å². The normalized spacial score (nSPS) is 10.2. The molecule has 0 aliphatic heterocycles. The van der Waals surface area contributed by atoms with Crippen molar-refractivity contribution in [3.63, 3.8) is 0 Å². The number of carbonyl (C=O) groups is 1. The number of hydrogen-bond acceptors (Lipinski definition) is 6. The number of nitrogens with zero attached hydrogens (tertiary/aromatic N) is 1. The van der Waals surface area contributed by atoms with Gasteiger partial charge in [0.15, 0.2) is 16.6 Å². The molecule has 0 saturated heterocycles. The fourth-order valence-electron chi connectivity index (χ4n) is 3.11. The summed E-state index contributed by atoms with van der Waals surface area (Å²) in [6.07, 6.45) is 0. The molecular formula is C22H29N3O4S. The summed E-state index contributed by atoms with van der Waals surface area (Å²) in [5.74, 6) is 0.817. The molecule has 0 unspecified atom stereocenters. The third kappa shape index (κ3) is 5.33. The van der Waals surface area contributed by atoms with E-state index in [-0.39, 0.29) is 11.0 Å². The van der Waals surface area contributed by atoms with E-state index in [0.717, 1.165) is 30.0 Å². The van der Waals surface area contributed by atoms with E-state index in [1.165, 1.54) is 21.3 Å². The summed E-state index contributed by atoms with van der Waals surface area (Å²) in [6.45, 7) is 8.12. The van der Waals surface area contributed by atoms with Gasteiger partial charge in [0, 0.05) is 30.0 Å². The van der Waals surface area contributed by atoms with E-state index >= 15 is 0 Å². The lowest BCUT2D eigenvalue weighted by Crippen LogP contribution is -2.34. The predicted octanol–water partition coefficient (Wildman–Crippen LogP) is 3.99. The Kier molecular flexibility index (Phi) is 8.29. The molecule has 2 rings (SSSR count). The molecule has 0 atom stereocenters. The average Bonchev–Trinajstić information content (AvgIpc) is 2.75. The molecule has 0 heterocycles. The maximum absolute atomic E-state index is 12.7. The van der Waals surface area contributed by atoms with Crippen molar-refractivity contribution >= 4 is 34.6 Å². The van der Waals surface area contributed by atoms with Crippen LogP contribution in [0.2, 0.25) is 0 Å². The monoisotopic (exact) mass is 431 g/mol. The van der Waals surface area contributed by atoms with Crippen LogP contribution in [-0.4, -0.2) is 45.4 Å². The van der Waals surface area contributed by atoms with E-state index in [0.29, 0.717) is 22.8 Å². The first-order valence-corrected chi connectivity index (χ1v) is 10.1. The van der Waals surface area contributed by atoms with E-state index < -0.39 is 0 Å². The molecule has 0 bridgehead atoms. The third-order valence-electron chi connectivity index (χ3n) is 4.74. The molecule has 0 saturated carbocycles. The minimum absolute atomic E-state index is 0.201. The number of amides is 1. The van der Waals surface area contributed by atoms with Crippen molar-refractivity contribution in [2.24, 2.45) is 0 Å². The van der Waals surface area contributed by atoms with Crippen molar-refractivity contribution in [2.75, 3.05) is 44.6 Å². The molecule has 2 aromatic carbocycles. The van der Waals surface area contributed by atoms with Crippen LogP contribution in [0.3, 0.4) is 0 Å². The average molecular weight is 432 g/mol. The van der Waals surface area contributed by atoms with Crippen LogP contribution in [0.15, 0.2) is 30.3 Å². The number of nitrogens with one attached hydrogen (secondary N) is 2. The van der Waals surface area contributed by atoms with Crippen molar-refractivity contribution in [2.45, 2.75) is 20.8 Å². The van der Waals surface area contributed by atoms with Crippen LogP contribution in [-0.2, 0) is 0 Å². The highest BCUT2D eigenvalue weighted by atomic mass is 32.1. The molecule has 2 N–H and O–H groups in total. The zero-order valence-corrected chi connectivity index (χ0v) is 19.1. The van der Waals surface area contributed by atoms with Crippen molar-refractivity contribution in [3.8, 4) is 17.2 Å². The van der Waals surface area contributed by atoms with Crippen LogP contribution >= 0.6 is 12.2 Å². The number of rotatable bonds is 8. The molecule has 0 radical (unpaired) electrons. The first-order chi connectivity index (χ1) is 14.4. The number of methoxy groups -OCH3 is 3. The van der Waals surface area contributed by atoms with Gasteiger partial charge in [-0.1, -0.05) is 0 Å². The van der Waals surface area contributed by atoms with Gasteiger partial charge < -0.3 is 24.4 Å². The molecular weight excluding hydrogens is 402 g/mol. The molecule has 8 heteroatoms. The number of hydrogen-bond donors (Lipinski definition) is 2. The Morgan fingerprint density at radius 3 is 2.07 bits per heavy atom. The number of carbonyl (C=O) groups excluding carboxylic acids is 1. The predicted molar refractivity (Wildman–Crippen MR) is 125 cm³/mol. The Morgan fingerprint density at radius 1 is 1.00 bits per heavy atom. The smallest absolute Gasteiger partial charge is 0.257 e. The highest BCUT2D eigenvalue weighted by Gasteiger charge is 2.18. The fourth-order valence-corrected chi connectivity index (χ4v) is 3.32. The first-order valence-electron chi connectivity index (χ1n) is 9.66. The second-order valence-electron chi connectivity index (χ2n) is 6.49. The second-order valence-corrected chi connectivity index (χ2v) is 6.90. The number of benzene rings is 2. The van der Waals surface area contributed by atoms with E-state index in [9.17, 15) is 4.79 Å². The van der Waals surface area contributed by atoms with Gasteiger partial charge in [-0.2, -0.15) is 0 Å². The third-order valence-corrected chi connectivity index (χ3v) is 4.94. The molecule has 0 fully saturated rings. The van der Waals surface area contributed by atoms with Gasteiger partial charge in [0.2, 0.25) is 5.75 Å². The summed E-state index contributed by atoms with van der Waals surface area (Å²) in [4.78, 5) is 15.0. The highest BCUT2D eigenvalue weighted by molar-refractivity contribution is 7.80. The molecule has 0 aliphatic carbocycles. The van der Waals surface area contributed by atoms with E-state index in [1.807, 2.05) is 19.1 Å². The summed E-state index contributed by atoms with van der Waals surface area (Å²) in [5.41, 5.74) is 3.35. The quantitative estimate of drug-likeness (QED) is 0.612. The number of ether oxygens (including phenoxy) is 3. The van der Waals surface area contributed by atoms with E-state index in [2.05, 4.69) is 35.4 Å². The maximum atomic E-state index is 12.7. The lowest BCUT2D eigenvalue weighted by molar-refractivity contribution is 0.0977. The summed E-state index contributed by atoms with van der Waals surface area (Å²) >= 11 is 5.33. The topological polar surface area (TPSA) is 72.1 Å². The molecule has 0 aliphatic rings. The maximum Gasteiger partial charge on any atom is 0.257 e. The van der Waals surface area contributed by atoms with Gasteiger partial charge in [-0.05, 0) is 68.9 Å². The zero-order chi connectivity index (χ0) is 22.3. The van der Waals surface area contributed by atoms with Crippen LogP contribution in [0.25, 0.3) is 0 Å². The minimum Gasteiger partial charge on any atom is -0.493 e.